The Hall–Kier alpha value is -3.92. The van der Waals surface area contributed by atoms with Gasteiger partial charge in [0.2, 0.25) is 5.91 Å². The van der Waals surface area contributed by atoms with Crippen molar-refractivity contribution in [2.75, 3.05) is 10.6 Å². The molecule has 1 atom stereocenters. The van der Waals surface area contributed by atoms with Crippen molar-refractivity contribution in [1.29, 1.82) is 0 Å². The number of para-hydroxylation sites is 1. The number of carbonyl (C=O) groups excluding carboxylic acids is 3. The van der Waals surface area contributed by atoms with Crippen LogP contribution in [0.5, 0.6) is 5.75 Å². The second kappa shape index (κ2) is 12.7. The molecule has 2 aliphatic rings. The fourth-order valence-corrected chi connectivity index (χ4v) is 6.58. The van der Waals surface area contributed by atoms with E-state index in [4.69, 9.17) is 5.73 Å². The first kappa shape index (κ1) is 28.6. The number of benzene rings is 2. The normalized spacial score (nSPS) is 16.7. The molecule has 2 saturated carbocycles. The fourth-order valence-electron chi connectivity index (χ4n) is 5.85. The first-order valence-electron chi connectivity index (χ1n) is 14.4. The molecule has 3 aromatic rings. The third-order valence-electron chi connectivity index (χ3n) is 8.09. The number of nitrogens with zero attached hydrogens (tertiary/aromatic N) is 2. The molecule has 1 unspecified atom stereocenters. The predicted octanol–water partition coefficient (Wildman–Crippen LogP) is 5.25. The zero-order valence-electron chi connectivity index (χ0n) is 23.3. The Kier molecular flexibility index (Phi) is 8.87. The van der Waals surface area contributed by atoms with E-state index in [0.717, 1.165) is 74.9 Å². The van der Waals surface area contributed by atoms with Gasteiger partial charge in [0.15, 0.2) is 5.69 Å². The van der Waals surface area contributed by atoms with Crippen molar-refractivity contribution in [3.8, 4) is 5.75 Å². The minimum Gasteiger partial charge on any atom is -0.508 e. The van der Waals surface area contributed by atoms with Crippen LogP contribution in [0.3, 0.4) is 0 Å². The molecule has 10 heteroatoms. The Balaban J connectivity index is 1.54. The Morgan fingerprint density at radius 2 is 1.54 bits per heavy atom. The summed E-state index contributed by atoms with van der Waals surface area (Å²) >= 11 is 0.864. The smallest absolute Gasteiger partial charge is 0.273 e. The summed E-state index contributed by atoms with van der Waals surface area (Å²) in [7, 11) is 0. The number of aryl methyl sites for hydroxylation is 1. The van der Waals surface area contributed by atoms with E-state index in [9.17, 15) is 19.5 Å². The summed E-state index contributed by atoms with van der Waals surface area (Å²) in [6.07, 6.45) is 8.95. The Labute approximate surface area is 244 Å². The number of nitrogens with two attached hydrogens (primary N) is 1. The molecule has 1 heterocycles. The number of phenols is 1. The summed E-state index contributed by atoms with van der Waals surface area (Å²) in [6.45, 7) is 1.87. The van der Waals surface area contributed by atoms with Gasteiger partial charge in [-0.1, -0.05) is 62.4 Å². The summed E-state index contributed by atoms with van der Waals surface area (Å²) in [5, 5.41) is 16.1. The van der Waals surface area contributed by atoms with Gasteiger partial charge in [0, 0.05) is 17.8 Å². The van der Waals surface area contributed by atoms with Crippen LogP contribution in [-0.2, 0) is 4.79 Å². The standard InChI is InChI=1S/C31H37N5O4S/c1-19-9-5-8-14-24(19)36(27(20-15-17-23(37)18-16-20)30(39)34-22-12-6-7-13-22)31(40)28-25(32)26(35-41-28)29(38)33-21-10-3-2-4-11-21/h5,8-9,14-18,21-22,27,37H,2-4,6-7,10-13,32H2,1H3,(H,33,38)(H,34,39). The Morgan fingerprint density at radius 3 is 2.20 bits per heavy atom. The van der Waals surface area contributed by atoms with Gasteiger partial charge < -0.3 is 21.5 Å². The molecule has 5 N–H and O–H groups in total. The molecule has 2 aromatic carbocycles. The van der Waals surface area contributed by atoms with Crippen LogP contribution < -0.4 is 21.3 Å². The number of aromatic hydroxyl groups is 1. The number of rotatable bonds is 8. The summed E-state index contributed by atoms with van der Waals surface area (Å²) in [6, 6.07) is 12.7. The summed E-state index contributed by atoms with van der Waals surface area (Å²) in [4.78, 5) is 43.0. The van der Waals surface area contributed by atoms with Crippen molar-refractivity contribution in [3.05, 3.63) is 70.2 Å². The second-order valence-corrected chi connectivity index (χ2v) is 11.8. The van der Waals surface area contributed by atoms with Crippen LogP contribution in [0, 0.1) is 6.92 Å². The Morgan fingerprint density at radius 1 is 0.927 bits per heavy atom. The Bertz CT molecular complexity index is 1390. The van der Waals surface area contributed by atoms with Crippen molar-refractivity contribution in [1.82, 2.24) is 15.0 Å². The van der Waals surface area contributed by atoms with Gasteiger partial charge >= 0.3 is 0 Å². The van der Waals surface area contributed by atoms with E-state index in [-0.39, 0.29) is 45.9 Å². The van der Waals surface area contributed by atoms with Gasteiger partial charge in [0.25, 0.3) is 11.8 Å². The first-order chi connectivity index (χ1) is 19.8. The molecule has 5 rings (SSSR count). The third kappa shape index (κ3) is 6.37. The fraction of sp³-hybridized carbons (Fsp3) is 0.419. The van der Waals surface area contributed by atoms with Gasteiger partial charge in [-0.2, -0.15) is 4.37 Å². The number of nitrogens with one attached hydrogen (secondary N) is 2. The molecular weight excluding hydrogens is 538 g/mol. The van der Waals surface area contributed by atoms with Crippen LogP contribution >= 0.6 is 11.5 Å². The highest BCUT2D eigenvalue weighted by atomic mass is 32.1. The van der Waals surface area contributed by atoms with Crippen LogP contribution in [0.25, 0.3) is 0 Å². The average Bonchev–Trinajstić information content (AvgIpc) is 3.62. The molecule has 0 radical (unpaired) electrons. The summed E-state index contributed by atoms with van der Waals surface area (Å²) in [5.74, 6) is -1.18. The first-order valence-corrected chi connectivity index (χ1v) is 15.2. The maximum absolute atomic E-state index is 14.4. The van der Waals surface area contributed by atoms with E-state index in [2.05, 4.69) is 15.0 Å². The lowest BCUT2D eigenvalue weighted by atomic mass is 9.95. The molecule has 9 nitrogen and oxygen atoms in total. The number of amides is 3. The van der Waals surface area contributed by atoms with Gasteiger partial charge in [-0.3, -0.25) is 19.3 Å². The maximum atomic E-state index is 14.4. The molecule has 216 valence electrons. The molecule has 2 fully saturated rings. The highest BCUT2D eigenvalue weighted by Crippen LogP contribution is 2.36. The minimum absolute atomic E-state index is 0.00699. The highest BCUT2D eigenvalue weighted by molar-refractivity contribution is 7.09. The van der Waals surface area contributed by atoms with Crippen LogP contribution in [0.1, 0.15) is 95.1 Å². The average molecular weight is 576 g/mol. The molecular formula is C31H37N5O4S. The van der Waals surface area contributed by atoms with Crippen LogP contribution in [-0.4, -0.2) is 39.3 Å². The van der Waals surface area contributed by atoms with E-state index < -0.39 is 11.9 Å². The lowest BCUT2D eigenvalue weighted by Gasteiger charge is -2.33. The zero-order chi connectivity index (χ0) is 28.9. The van der Waals surface area contributed by atoms with Crippen molar-refractivity contribution >= 4 is 40.6 Å². The molecule has 1 aromatic heterocycles. The molecule has 41 heavy (non-hydrogen) atoms. The molecule has 3 amide bonds. The third-order valence-corrected chi connectivity index (χ3v) is 8.94. The largest absolute Gasteiger partial charge is 0.508 e. The molecule has 0 spiro atoms. The zero-order valence-corrected chi connectivity index (χ0v) is 24.1. The number of anilines is 2. The van der Waals surface area contributed by atoms with Crippen molar-refractivity contribution in [2.24, 2.45) is 0 Å². The van der Waals surface area contributed by atoms with Crippen LogP contribution in [0.2, 0.25) is 0 Å². The lowest BCUT2D eigenvalue weighted by Crippen LogP contribution is -2.46. The molecule has 0 saturated heterocycles. The maximum Gasteiger partial charge on any atom is 0.273 e. The molecule has 0 aliphatic heterocycles. The lowest BCUT2D eigenvalue weighted by molar-refractivity contribution is -0.123. The SMILES string of the molecule is Cc1ccccc1N(C(=O)c1snc(C(=O)NC2CCCCC2)c1N)C(C(=O)NC1CCCC1)c1ccc(O)cc1. The number of aromatic nitrogens is 1. The second-order valence-electron chi connectivity index (χ2n) is 11.0. The predicted molar refractivity (Wildman–Crippen MR) is 160 cm³/mol. The van der Waals surface area contributed by atoms with Gasteiger partial charge in [-0.25, -0.2) is 0 Å². The van der Waals surface area contributed by atoms with Crippen molar-refractivity contribution < 1.29 is 19.5 Å². The summed E-state index contributed by atoms with van der Waals surface area (Å²) in [5.41, 5.74) is 8.34. The topological polar surface area (TPSA) is 138 Å². The van der Waals surface area contributed by atoms with E-state index in [1.807, 2.05) is 25.1 Å². The van der Waals surface area contributed by atoms with Crippen molar-refractivity contribution in [2.45, 2.75) is 82.8 Å². The minimum atomic E-state index is -1.05. The van der Waals surface area contributed by atoms with E-state index in [0.29, 0.717) is 11.3 Å². The van der Waals surface area contributed by atoms with Gasteiger partial charge in [0.05, 0.1) is 5.69 Å². The van der Waals surface area contributed by atoms with E-state index in [1.54, 1.807) is 18.2 Å². The quantitative estimate of drug-likeness (QED) is 0.290. The summed E-state index contributed by atoms with van der Waals surface area (Å²) < 4.78 is 4.30. The van der Waals surface area contributed by atoms with Gasteiger partial charge in [0.1, 0.15) is 16.7 Å². The van der Waals surface area contributed by atoms with E-state index >= 15 is 0 Å². The molecule has 0 bridgehead atoms. The van der Waals surface area contributed by atoms with Crippen LogP contribution in [0.15, 0.2) is 48.5 Å². The number of nitrogen functional groups attached to an aromatic ring is 1. The number of phenolic OH excluding ortho intramolecular Hbond substituents is 1. The molecule has 2 aliphatic carbocycles. The number of carbonyl (C=O) groups is 3. The number of hydrogen-bond acceptors (Lipinski definition) is 7. The monoisotopic (exact) mass is 575 g/mol. The highest BCUT2D eigenvalue weighted by Gasteiger charge is 2.38. The van der Waals surface area contributed by atoms with E-state index in [1.165, 1.54) is 17.0 Å². The number of hydrogen-bond donors (Lipinski definition) is 4. The van der Waals surface area contributed by atoms with Crippen LogP contribution in [0.4, 0.5) is 11.4 Å². The van der Waals surface area contributed by atoms with Crippen molar-refractivity contribution in [3.63, 3.8) is 0 Å². The van der Waals surface area contributed by atoms with Gasteiger partial charge in [-0.15, -0.1) is 0 Å². The van der Waals surface area contributed by atoms with Gasteiger partial charge in [-0.05, 0) is 73.5 Å².